The predicted octanol–water partition coefficient (Wildman–Crippen LogP) is 2.82. The van der Waals surface area contributed by atoms with Gasteiger partial charge in [0.15, 0.2) is 0 Å². The zero-order valence-corrected chi connectivity index (χ0v) is 8.72. The maximum Gasteiger partial charge on any atom is 0.106 e. The number of pyridine rings is 1. The monoisotopic (exact) mass is 219 g/mol. The van der Waals surface area contributed by atoms with Gasteiger partial charge in [0.1, 0.15) is 6.10 Å². The summed E-state index contributed by atoms with van der Waals surface area (Å²) in [6.45, 7) is 0. The van der Waals surface area contributed by atoms with Crippen molar-refractivity contribution in [3.8, 4) is 0 Å². The van der Waals surface area contributed by atoms with Crippen LogP contribution in [-0.2, 0) is 0 Å². The molecule has 0 fully saturated rings. The number of aliphatic hydroxyl groups is 1. The molecule has 76 valence electrons. The number of hydrogen-bond acceptors (Lipinski definition) is 2. The van der Waals surface area contributed by atoms with Gasteiger partial charge in [-0.2, -0.15) is 0 Å². The third-order valence-corrected chi connectivity index (χ3v) is 2.53. The highest BCUT2D eigenvalue weighted by Crippen LogP contribution is 2.26. The van der Waals surface area contributed by atoms with E-state index in [2.05, 4.69) is 4.98 Å². The number of hydrogen-bond donors (Lipinski definition) is 1. The Morgan fingerprint density at radius 2 is 1.87 bits per heavy atom. The first kappa shape index (κ1) is 10.1. The van der Waals surface area contributed by atoms with Crippen LogP contribution in [-0.4, -0.2) is 10.1 Å². The lowest BCUT2D eigenvalue weighted by atomic mass is 10.0. The molecule has 1 atom stereocenters. The Hall–Kier alpha value is -1.38. The van der Waals surface area contributed by atoms with Crippen molar-refractivity contribution in [3.63, 3.8) is 0 Å². The van der Waals surface area contributed by atoms with Gasteiger partial charge in [0.05, 0.1) is 5.02 Å². The van der Waals surface area contributed by atoms with Crippen LogP contribution in [0.15, 0.2) is 48.8 Å². The van der Waals surface area contributed by atoms with Gasteiger partial charge < -0.3 is 5.11 Å². The van der Waals surface area contributed by atoms with Crippen molar-refractivity contribution < 1.29 is 5.11 Å². The van der Waals surface area contributed by atoms with Gasteiger partial charge in [-0.1, -0.05) is 41.9 Å². The van der Waals surface area contributed by atoms with Crippen LogP contribution in [0.1, 0.15) is 17.2 Å². The van der Waals surface area contributed by atoms with E-state index in [9.17, 15) is 5.11 Å². The zero-order chi connectivity index (χ0) is 10.7. The summed E-state index contributed by atoms with van der Waals surface area (Å²) >= 11 is 5.95. The minimum Gasteiger partial charge on any atom is -0.384 e. The summed E-state index contributed by atoms with van der Waals surface area (Å²) in [6, 6.07) is 11.1. The first-order valence-electron chi connectivity index (χ1n) is 4.61. The smallest absolute Gasteiger partial charge is 0.106 e. The van der Waals surface area contributed by atoms with E-state index in [1.807, 2.05) is 30.3 Å². The molecular formula is C12H10ClNO. The van der Waals surface area contributed by atoms with Gasteiger partial charge >= 0.3 is 0 Å². The largest absolute Gasteiger partial charge is 0.384 e. The van der Waals surface area contributed by atoms with E-state index >= 15 is 0 Å². The fourth-order valence-corrected chi connectivity index (χ4v) is 1.65. The molecule has 0 bridgehead atoms. The highest BCUT2D eigenvalue weighted by atomic mass is 35.5. The quantitative estimate of drug-likeness (QED) is 0.843. The van der Waals surface area contributed by atoms with Crippen LogP contribution in [0.3, 0.4) is 0 Å². The zero-order valence-electron chi connectivity index (χ0n) is 7.97. The number of nitrogens with zero attached hydrogens (tertiary/aromatic N) is 1. The maximum absolute atomic E-state index is 10.1. The molecule has 3 heteroatoms. The maximum atomic E-state index is 10.1. The van der Waals surface area contributed by atoms with Crippen molar-refractivity contribution in [1.29, 1.82) is 0 Å². The van der Waals surface area contributed by atoms with Crippen LogP contribution in [0.4, 0.5) is 0 Å². The van der Waals surface area contributed by atoms with Crippen LogP contribution in [0, 0.1) is 0 Å². The molecule has 2 rings (SSSR count). The van der Waals surface area contributed by atoms with E-state index in [1.165, 1.54) is 6.20 Å². The Labute approximate surface area is 93.2 Å². The molecule has 0 aliphatic heterocycles. The lowest BCUT2D eigenvalue weighted by molar-refractivity contribution is 0.220. The molecule has 15 heavy (non-hydrogen) atoms. The molecule has 1 N–H and O–H groups in total. The fourth-order valence-electron chi connectivity index (χ4n) is 1.42. The lowest BCUT2D eigenvalue weighted by Crippen LogP contribution is -2.00. The fraction of sp³-hybridized carbons (Fsp3) is 0.0833. The molecule has 2 aromatic rings. The van der Waals surface area contributed by atoms with Crippen LogP contribution in [0.25, 0.3) is 0 Å². The highest BCUT2D eigenvalue weighted by molar-refractivity contribution is 6.31. The molecule has 0 spiro atoms. The molecule has 0 aliphatic rings. The predicted molar refractivity (Wildman–Crippen MR) is 59.8 cm³/mol. The highest BCUT2D eigenvalue weighted by Gasteiger charge is 2.12. The third kappa shape index (κ3) is 2.17. The van der Waals surface area contributed by atoms with Crippen molar-refractivity contribution in [2.45, 2.75) is 6.10 Å². The van der Waals surface area contributed by atoms with Crippen molar-refractivity contribution in [1.82, 2.24) is 4.98 Å². The molecule has 0 saturated heterocycles. The van der Waals surface area contributed by atoms with Gasteiger partial charge in [-0.05, 0) is 11.6 Å². The first-order chi connectivity index (χ1) is 7.29. The molecule has 1 aromatic carbocycles. The van der Waals surface area contributed by atoms with Crippen LogP contribution in [0.2, 0.25) is 5.02 Å². The molecule has 2 nitrogen and oxygen atoms in total. The van der Waals surface area contributed by atoms with Gasteiger partial charge in [-0.3, -0.25) is 4.98 Å². The molecular weight excluding hydrogens is 210 g/mol. The molecule has 0 amide bonds. The minimum absolute atomic E-state index is 0.480. The van der Waals surface area contributed by atoms with E-state index in [4.69, 9.17) is 11.6 Å². The number of rotatable bonds is 2. The van der Waals surface area contributed by atoms with Crippen LogP contribution < -0.4 is 0 Å². The lowest BCUT2D eigenvalue weighted by Gasteiger charge is -2.12. The molecule has 1 heterocycles. The van der Waals surface area contributed by atoms with E-state index in [0.717, 1.165) is 5.56 Å². The Kier molecular flexibility index (Phi) is 2.99. The molecule has 1 aromatic heterocycles. The molecule has 0 saturated carbocycles. The van der Waals surface area contributed by atoms with Gasteiger partial charge in [0.2, 0.25) is 0 Å². The summed E-state index contributed by atoms with van der Waals surface area (Å²) in [5.41, 5.74) is 1.50. The number of benzene rings is 1. The van der Waals surface area contributed by atoms with Crippen LogP contribution >= 0.6 is 11.6 Å². The average molecular weight is 220 g/mol. The van der Waals surface area contributed by atoms with Crippen molar-refractivity contribution in [2.75, 3.05) is 0 Å². The second-order valence-electron chi connectivity index (χ2n) is 3.21. The van der Waals surface area contributed by atoms with Gasteiger partial charge in [0, 0.05) is 18.0 Å². The van der Waals surface area contributed by atoms with Crippen molar-refractivity contribution in [2.24, 2.45) is 0 Å². The number of aliphatic hydroxyl groups excluding tert-OH is 1. The third-order valence-electron chi connectivity index (χ3n) is 2.21. The van der Waals surface area contributed by atoms with Gasteiger partial charge in [-0.25, -0.2) is 0 Å². The summed E-state index contributed by atoms with van der Waals surface area (Å²) < 4.78 is 0. The Morgan fingerprint density at radius 1 is 1.13 bits per heavy atom. The summed E-state index contributed by atoms with van der Waals surface area (Å²) in [7, 11) is 0. The Balaban J connectivity index is 2.37. The van der Waals surface area contributed by atoms with E-state index in [1.54, 1.807) is 12.3 Å². The first-order valence-corrected chi connectivity index (χ1v) is 4.99. The normalized spacial score (nSPS) is 12.4. The Bertz CT molecular complexity index is 444. The molecule has 0 unspecified atom stereocenters. The number of halogens is 1. The van der Waals surface area contributed by atoms with Crippen molar-refractivity contribution >= 4 is 11.6 Å². The Morgan fingerprint density at radius 3 is 2.53 bits per heavy atom. The number of aromatic nitrogens is 1. The van der Waals surface area contributed by atoms with E-state index in [0.29, 0.717) is 10.6 Å². The van der Waals surface area contributed by atoms with E-state index in [-0.39, 0.29) is 0 Å². The average Bonchev–Trinajstić information content (AvgIpc) is 2.30. The topological polar surface area (TPSA) is 33.1 Å². The summed E-state index contributed by atoms with van der Waals surface area (Å²) in [6.07, 6.45) is 2.46. The summed E-state index contributed by atoms with van der Waals surface area (Å²) in [5.74, 6) is 0. The minimum atomic E-state index is -0.693. The van der Waals surface area contributed by atoms with Crippen molar-refractivity contribution in [3.05, 3.63) is 64.9 Å². The second-order valence-corrected chi connectivity index (χ2v) is 3.62. The second kappa shape index (κ2) is 4.43. The molecule has 0 aliphatic carbocycles. The summed E-state index contributed by atoms with van der Waals surface area (Å²) in [5, 5.41) is 10.5. The summed E-state index contributed by atoms with van der Waals surface area (Å²) in [4.78, 5) is 3.88. The van der Waals surface area contributed by atoms with Gasteiger partial charge in [0.25, 0.3) is 0 Å². The standard InChI is InChI=1S/C12H10ClNO/c13-11-8-14-7-6-10(11)12(15)9-4-2-1-3-5-9/h1-8,12,15H/t12-/m1/s1. The SMILES string of the molecule is O[C@H](c1ccccc1)c1ccncc1Cl. The van der Waals surface area contributed by atoms with Gasteiger partial charge in [-0.15, -0.1) is 0 Å². The molecule has 0 radical (unpaired) electrons. The van der Waals surface area contributed by atoms with Crippen LogP contribution in [0.5, 0.6) is 0 Å². The van der Waals surface area contributed by atoms with E-state index < -0.39 is 6.10 Å².